The van der Waals surface area contributed by atoms with Crippen LogP contribution in [0.4, 0.5) is 10.1 Å². The Morgan fingerprint density at radius 1 is 1.00 bits per heavy atom. The van der Waals surface area contributed by atoms with Crippen molar-refractivity contribution in [3.8, 4) is 23.0 Å². The number of methoxy groups -OCH3 is 2. The first-order valence-corrected chi connectivity index (χ1v) is 7.77. The first kappa shape index (κ1) is 17.5. The molecular formula is C19H17FN2O4. The van der Waals surface area contributed by atoms with Crippen LogP contribution in [0, 0.1) is 5.82 Å². The number of nitrogens with one attached hydrogen (secondary N) is 1. The molecule has 0 spiro atoms. The summed E-state index contributed by atoms with van der Waals surface area (Å²) < 4.78 is 30.6. The van der Waals surface area contributed by atoms with E-state index in [0.29, 0.717) is 33.8 Å². The Bertz CT molecular complexity index is 975. The molecule has 0 atom stereocenters. The van der Waals surface area contributed by atoms with Crippen molar-refractivity contribution < 1.29 is 23.4 Å². The Morgan fingerprint density at radius 2 is 1.73 bits per heavy atom. The summed E-state index contributed by atoms with van der Waals surface area (Å²) in [5.74, 6) is 0.624. The number of rotatable bonds is 5. The van der Waals surface area contributed by atoms with Gasteiger partial charge in [-0.2, -0.15) is 0 Å². The minimum absolute atomic E-state index is 0.0291. The molecule has 2 aromatic carbocycles. The van der Waals surface area contributed by atoms with E-state index in [0.717, 1.165) is 0 Å². The van der Waals surface area contributed by atoms with Gasteiger partial charge in [0.15, 0.2) is 23.1 Å². The molecule has 134 valence electrons. The van der Waals surface area contributed by atoms with E-state index < -0.39 is 5.82 Å². The van der Waals surface area contributed by atoms with Crippen LogP contribution >= 0.6 is 0 Å². The molecule has 1 N–H and O–H groups in total. The number of nitrogens with zero attached hydrogens (tertiary/aromatic N) is 1. The molecule has 0 radical (unpaired) electrons. The van der Waals surface area contributed by atoms with E-state index in [1.165, 1.54) is 33.3 Å². The molecule has 0 saturated heterocycles. The number of hydrogen-bond donors (Lipinski definition) is 1. The predicted octanol–water partition coefficient (Wildman–Crippen LogP) is 4.14. The van der Waals surface area contributed by atoms with E-state index >= 15 is 0 Å². The molecule has 0 unspecified atom stereocenters. The quantitative estimate of drug-likeness (QED) is 0.744. The number of benzene rings is 2. The molecule has 0 aliphatic rings. The lowest BCUT2D eigenvalue weighted by Gasteiger charge is -2.13. The molecular weight excluding hydrogens is 339 g/mol. The second-order valence-electron chi connectivity index (χ2n) is 5.46. The van der Waals surface area contributed by atoms with Gasteiger partial charge in [-0.05, 0) is 24.3 Å². The van der Waals surface area contributed by atoms with Crippen LogP contribution in [0.2, 0.25) is 0 Å². The number of carbonyl (C=O) groups excluding carboxylic acids is 1. The van der Waals surface area contributed by atoms with Gasteiger partial charge in [0.25, 0.3) is 0 Å². The van der Waals surface area contributed by atoms with Crippen molar-refractivity contribution in [2.75, 3.05) is 19.5 Å². The van der Waals surface area contributed by atoms with Gasteiger partial charge in [-0.1, -0.05) is 0 Å². The highest BCUT2D eigenvalue weighted by Crippen LogP contribution is 2.37. The Morgan fingerprint density at radius 3 is 2.38 bits per heavy atom. The van der Waals surface area contributed by atoms with Crippen LogP contribution in [0.5, 0.6) is 23.0 Å². The summed E-state index contributed by atoms with van der Waals surface area (Å²) >= 11 is 0. The number of hydrogen-bond acceptors (Lipinski definition) is 5. The third-order valence-corrected chi connectivity index (χ3v) is 3.68. The van der Waals surface area contributed by atoms with Crippen molar-refractivity contribution in [3.05, 3.63) is 48.4 Å². The smallest absolute Gasteiger partial charge is 0.221 e. The average Bonchev–Trinajstić information content (AvgIpc) is 2.62. The summed E-state index contributed by atoms with van der Waals surface area (Å²) in [6.07, 6.45) is 1.56. The maximum atomic E-state index is 14.3. The van der Waals surface area contributed by atoms with Gasteiger partial charge < -0.3 is 19.5 Å². The zero-order valence-corrected chi connectivity index (χ0v) is 14.5. The van der Waals surface area contributed by atoms with Crippen molar-refractivity contribution in [1.82, 2.24) is 4.98 Å². The van der Waals surface area contributed by atoms with Gasteiger partial charge in [-0.3, -0.25) is 9.78 Å². The highest BCUT2D eigenvalue weighted by molar-refractivity contribution is 5.89. The van der Waals surface area contributed by atoms with Crippen LogP contribution in [0.15, 0.2) is 42.6 Å². The van der Waals surface area contributed by atoms with Crippen molar-refractivity contribution in [2.24, 2.45) is 0 Å². The molecule has 0 aliphatic heterocycles. The molecule has 6 nitrogen and oxygen atoms in total. The molecule has 1 heterocycles. The van der Waals surface area contributed by atoms with Crippen molar-refractivity contribution >= 4 is 22.5 Å². The molecule has 0 bridgehead atoms. The van der Waals surface area contributed by atoms with E-state index in [4.69, 9.17) is 14.2 Å². The minimum atomic E-state index is -0.596. The van der Waals surface area contributed by atoms with Gasteiger partial charge >= 0.3 is 0 Å². The second kappa shape index (κ2) is 7.26. The summed E-state index contributed by atoms with van der Waals surface area (Å²) in [6, 6.07) is 9.29. The van der Waals surface area contributed by atoms with E-state index in [1.807, 2.05) is 0 Å². The first-order valence-electron chi connectivity index (χ1n) is 7.77. The summed E-state index contributed by atoms with van der Waals surface area (Å²) in [6.45, 7) is 1.35. The maximum absolute atomic E-state index is 14.3. The number of amides is 1. The third kappa shape index (κ3) is 3.51. The monoisotopic (exact) mass is 356 g/mol. The number of halogens is 1. The normalized spacial score (nSPS) is 10.5. The van der Waals surface area contributed by atoms with Crippen molar-refractivity contribution in [2.45, 2.75) is 6.92 Å². The molecule has 0 saturated carbocycles. The SMILES string of the molecule is COc1cc2nccc(Oc3ccc(NC(C)=O)cc3F)c2cc1OC. The molecule has 0 aliphatic carbocycles. The topological polar surface area (TPSA) is 69.7 Å². The van der Waals surface area contributed by atoms with E-state index in [-0.39, 0.29) is 11.7 Å². The van der Waals surface area contributed by atoms with Gasteiger partial charge in [0.1, 0.15) is 5.75 Å². The lowest BCUT2D eigenvalue weighted by Crippen LogP contribution is -2.05. The largest absolute Gasteiger partial charge is 0.493 e. The average molecular weight is 356 g/mol. The van der Waals surface area contributed by atoms with Crippen LogP contribution in [0.3, 0.4) is 0 Å². The minimum Gasteiger partial charge on any atom is -0.493 e. The second-order valence-corrected chi connectivity index (χ2v) is 5.46. The molecule has 0 fully saturated rings. The number of pyridine rings is 1. The Balaban J connectivity index is 1.99. The Labute approximate surface area is 149 Å². The zero-order chi connectivity index (χ0) is 18.7. The molecule has 1 aromatic heterocycles. The van der Waals surface area contributed by atoms with Gasteiger partial charge in [0.05, 0.1) is 19.7 Å². The fraction of sp³-hybridized carbons (Fsp3) is 0.158. The summed E-state index contributed by atoms with van der Waals surface area (Å²) in [5, 5.41) is 3.17. The molecule has 1 amide bonds. The van der Waals surface area contributed by atoms with Crippen LogP contribution < -0.4 is 19.5 Å². The number of ether oxygens (including phenoxy) is 3. The highest BCUT2D eigenvalue weighted by atomic mass is 19.1. The Hall–Kier alpha value is -3.35. The molecule has 3 rings (SSSR count). The molecule has 26 heavy (non-hydrogen) atoms. The number of aromatic nitrogens is 1. The number of carbonyl (C=O) groups is 1. The number of fused-ring (bicyclic) bond motifs is 1. The van der Waals surface area contributed by atoms with Gasteiger partial charge in [-0.15, -0.1) is 0 Å². The maximum Gasteiger partial charge on any atom is 0.221 e. The van der Waals surface area contributed by atoms with E-state index in [9.17, 15) is 9.18 Å². The van der Waals surface area contributed by atoms with Crippen LogP contribution in [0.25, 0.3) is 10.9 Å². The predicted molar refractivity (Wildman–Crippen MR) is 95.6 cm³/mol. The molecule has 3 aromatic rings. The van der Waals surface area contributed by atoms with E-state index in [1.54, 1.807) is 30.5 Å². The summed E-state index contributed by atoms with van der Waals surface area (Å²) in [5.41, 5.74) is 0.976. The third-order valence-electron chi connectivity index (χ3n) is 3.68. The Kier molecular flexibility index (Phi) is 4.88. The number of anilines is 1. The first-order chi connectivity index (χ1) is 12.5. The van der Waals surface area contributed by atoms with Gasteiger partial charge in [0, 0.05) is 36.3 Å². The van der Waals surface area contributed by atoms with Crippen LogP contribution in [-0.2, 0) is 4.79 Å². The van der Waals surface area contributed by atoms with E-state index in [2.05, 4.69) is 10.3 Å². The highest BCUT2D eigenvalue weighted by Gasteiger charge is 2.13. The fourth-order valence-electron chi connectivity index (χ4n) is 2.52. The fourth-order valence-corrected chi connectivity index (χ4v) is 2.52. The van der Waals surface area contributed by atoms with Gasteiger partial charge in [-0.25, -0.2) is 4.39 Å². The summed E-state index contributed by atoms with van der Waals surface area (Å²) in [4.78, 5) is 15.3. The summed E-state index contributed by atoms with van der Waals surface area (Å²) in [7, 11) is 3.07. The van der Waals surface area contributed by atoms with Crippen LogP contribution in [0.1, 0.15) is 6.92 Å². The van der Waals surface area contributed by atoms with Crippen molar-refractivity contribution in [3.63, 3.8) is 0 Å². The lowest BCUT2D eigenvalue weighted by molar-refractivity contribution is -0.114. The standard InChI is InChI=1S/C19H17FN2O4/c1-11(23)22-12-4-5-17(14(20)8-12)26-16-6-7-21-15-10-19(25-3)18(24-2)9-13(15)16/h4-10H,1-3H3,(H,22,23). The molecule has 7 heteroatoms. The van der Waals surface area contributed by atoms with Crippen LogP contribution in [-0.4, -0.2) is 25.1 Å². The van der Waals surface area contributed by atoms with Crippen molar-refractivity contribution in [1.29, 1.82) is 0 Å². The van der Waals surface area contributed by atoms with Gasteiger partial charge in [0.2, 0.25) is 5.91 Å². The zero-order valence-electron chi connectivity index (χ0n) is 14.5. The lowest BCUT2D eigenvalue weighted by atomic mass is 10.2.